The summed E-state index contributed by atoms with van der Waals surface area (Å²) in [4.78, 5) is 2.51. The average Bonchev–Trinajstić information content (AvgIpc) is 2.40. The van der Waals surface area contributed by atoms with Crippen LogP contribution in [0.2, 0.25) is 0 Å². The second-order valence-corrected chi connectivity index (χ2v) is 7.32. The number of halogens is 1. The Morgan fingerprint density at radius 1 is 1.21 bits per heavy atom. The summed E-state index contributed by atoms with van der Waals surface area (Å²) >= 11 is 2.15. The van der Waals surface area contributed by atoms with Crippen molar-refractivity contribution in [2.24, 2.45) is 0 Å². The lowest BCUT2D eigenvalue weighted by molar-refractivity contribution is 0.0390. The second-order valence-electron chi connectivity index (χ2n) is 4.31. The minimum absolute atomic E-state index is 0.315. The Bertz CT molecular complexity index is 498. The number of ether oxygens (including phenoxy) is 1. The minimum atomic E-state index is -3.39. The fraction of sp³-hybridized carbons (Fsp3) is 0.500. The van der Waals surface area contributed by atoms with Crippen molar-refractivity contribution in [2.45, 2.75) is 4.90 Å². The van der Waals surface area contributed by atoms with Crippen LogP contribution < -0.4 is 4.72 Å². The summed E-state index contributed by atoms with van der Waals surface area (Å²) in [6, 6.07) is 6.83. The van der Waals surface area contributed by atoms with E-state index in [1.54, 1.807) is 24.3 Å². The van der Waals surface area contributed by atoms with E-state index in [-0.39, 0.29) is 0 Å². The monoisotopic (exact) mass is 396 g/mol. The number of nitrogens with zero attached hydrogens (tertiary/aromatic N) is 1. The summed E-state index contributed by atoms with van der Waals surface area (Å²) < 4.78 is 33.0. The lowest BCUT2D eigenvalue weighted by Crippen LogP contribution is -2.41. The number of hydrogen-bond donors (Lipinski definition) is 1. The molecule has 1 aromatic carbocycles. The summed E-state index contributed by atoms with van der Waals surface area (Å²) in [5, 5.41) is 0. The highest BCUT2D eigenvalue weighted by Gasteiger charge is 2.15. The topological polar surface area (TPSA) is 58.6 Å². The molecule has 0 amide bonds. The summed E-state index contributed by atoms with van der Waals surface area (Å²) in [6.45, 7) is 4.32. The third kappa shape index (κ3) is 4.67. The maximum atomic E-state index is 12.0. The number of rotatable bonds is 5. The molecular formula is C12H17IN2O3S. The molecule has 1 N–H and O–H groups in total. The summed E-state index contributed by atoms with van der Waals surface area (Å²) in [7, 11) is -3.39. The van der Waals surface area contributed by atoms with Crippen molar-refractivity contribution in [3.63, 3.8) is 0 Å². The first-order chi connectivity index (χ1) is 9.08. The molecule has 0 atom stereocenters. The highest BCUT2D eigenvalue weighted by atomic mass is 127. The van der Waals surface area contributed by atoms with Gasteiger partial charge >= 0.3 is 0 Å². The molecule has 1 fully saturated rings. The molecule has 0 aromatic heterocycles. The molecule has 1 aliphatic heterocycles. The van der Waals surface area contributed by atoms with E-state index in [1.807, 2.05) is 0 Å². The molecule has 0 saturated carbocycles. The SMILES string of the molecule is O=S(=O)(NCCN1CCOCC1)c1ccc(I)cc1. The van der Waals surface area contributed by atoms with Crippen molar-refractivity contribution >= 4 is 32.6 Å². The molecule has 0 radical (unpaired) electrons. The van der Waals surface area contributed by atoms with Crippen LogP contribution in [0.25, 0.3) is 0 Å². The average molecular weight is 396 g/mol. The first kappa shape index (κ1) is 15.2. The van der Waals surface area contributed by atoms with Crippen LogP contribution in [0.5, 0.6) is 0 Å². The van der Waals surface area contributed by atoms with Gasteiger partial charge in [0.05, 0.1) is 18.1 Å². The molecule has 2 rings (SSSR count). The van der Waals surface area contributed by atoms with Gasteiger partial charge in [-0.1, -0.05) is 0 Å². The Hall–Kier alpha value is -0.220. The summed E-state index contributed by atoms with van der Waals surface area (Å²) in [6.07, 6.45) is 0. The number of sulfonamides is 1. The van der Waals surface area contributed by atoms with E-state index < -0.39 is 10.0 Å². The van der Waals surface area contributed by atoms with Crippen molar-refractivity contribution in [3.05, 3.63) is 27.8 Å². The Balaban J connectivity index is 1.85. The van der Waals surface area contributed by atoms with Gasteiger partial charge in [-0.05, 0) is 46.9 Å². The van der Waals surface area contributed by atoms with Crippen LogP contribution in [-0.2, 0) is 14.8 Å². The van der Waals surface area contributed by atoms with E-state index in [9.17, 15) is 8.42 Å². The van der Waals surface area contributed by atoms with E-state index in [2.05, 4.69) is 32.2 Å². The van der Waals surface area contributed by atoms with E-state index in [1.165, 1.54) is 0 Å². The van der Waals surface area contributed by atoms with Gasteiger partial charge in [-0.3, -0.25) is 4.90 Å². The van der Waals surface area contributed by atoms with E-state index >= 15 is 0 Å². The first-order valence-electron chi connectivity index (χ1n) is 6.13. The van der Waals surface area contributed by atoms with Crippen LogP contribution in [0.4, 0.5) is 0 Å². The fourth-order valence-electron chi connectivity index (χ4n) is 1.86. The van der Waals surface area contributed by atoms with Gasteiger partial charge in [-0.15, -0.1) is 0 Å². The van der Waals surface area contributed by atoms with Gasteiger partial charge in [-0.25, -0.2) is 13.1 Å². The third-order valence-electron chi connectivity index (χ3n) is 2.95. The Labute approximate surface area is 127 Å². The van der Waals surface area contributed by atoms with Crippen molar-refractivity contribution < 1.29 is 13.2 Å². The van der Waals surface area contributed by atoms with Crippen molar-refractivity contribution in [1.82, 2.24) is 9.62 Å². The molecular weight excluding hydrogens is 379 g/mol. The van der Waals surface area contributed by atoms with Crippen molar-refractivity contribution in [1.29, 1.82) is 0 Å². The van der Waals surface area contributed by atoms with Crippen LogP contribution in [0.15, 0.2) is 29.2 Å². The second kappa shape index (κ2) is 6.98. The van der Waals surface area contributed by atoms with E-state index in [4.69, 9.17) is 4.74 Å². The van der Waals surface area contributed by atoms with Gasteiger partial charge in [0.1, 0.15) is 0 Å². The highest BCUT2D eigenvalue weighted by molar-refractivity contribution is 14.1. The predicted molar refractivity (Wildman–Crippen MR) is 81.6 cm³/mol. The maximum absolute atomic E-state index is 12.0. The van der Waals surface area contributed by atoms with Gasteiger partial charge in [0.2, 0.25) is 10.0 Å². The maximum Gasteiger partial charge on any atom is 0.240 e. The summed E-state index contributed by atoms with van der Waals surface area (Å²) in [5.41, 5.74) is 0. The molecule has 0 spiro atoms. The predicted octanol–water partition coefficient (Wildman–Crippen LogP) is 0.902. The Morgan fingerprint density at radius 2 is 1.84 bits per heavy atom. The largest absolute Gasteiger partial charge is 0.379 e. The van der Waals surface area contributed by atoms with Crippen molar-refractivity contribution in [3.8, 4) is 0 Å². The van der Waals surface area contributed by atoms with Gasteiger partial charge in [0, 0.05) is 29.7 Å². The van der Waals surface area contributed by atoms with Crippen LogP contribution in [0, 0.1) is 3.57 Å². The molecule has 1 aliphatic rings. The fourth-order valence-corrected chi connectivity index (χ4v) is 3.24. The van der Waals surface area contributed by atoms with Crippen LogP contribution in [0.1, 0.15) is 0 Å². The Morgan fingerprint density at radius 3 is 2.47 bits per heavy atom. The zero-order chi connectivity index (χ0) is 13.7. The smallest absolute Gasteiger partial charge is 0.240 e. The third-order valence-corrected chi connectivity index (χ3v) is 5.14. The molecule has 0 bridgehead atoms. The molecule has 19 heavy (non-hydrogen) atoms. The van der Waals surface area contributed by atoms with E-state index in [0.29, 0.717) is 18.0 Å². The summed E-state index contributed by atoms with van der Waals surface area (Å²) in [5.74, 6) is 0. The van der Waals surface area contributed by atoms with Crippen molar-refractivity contribution in [2.75, 3.05) is 39.4 Å². The van der Waals surface area contributed by atoms with Gasteiger partial charge in [-0.2, -0.15) is 0 Å². The molecule has 1 aromatic rings. The van der Waals surface area contributed by atoms with Crippen LogP contribution >= 0.6 is 22.6 Å². The minimum Gasteiger partial charge on any atom is -0.379 e. The number of benzene rings is 1. The quantitative estimate of drug-likeness (QED) is 0.752. The lowest BCUT2D eigenvalue weighted by atomic mass is 10.4. The lowest BCUT2D eigenvalue weighted by Gasteiger charge is -2.26. The molecule has 0 unspecified atom stereocenters. The van der Waals surface area contributed by atoms with Crippen LogP contribution in [0.3, 0.4) is 0 Å². The molecule has 1 heterocycles. The van der Waals surface area contributed by atoms with E-state index in [0.717, 1.165) is 29.9 Å². The highest BCUT2D eigenvalue weighted by Crippen LogP contribution is 2.11. The molecule has 5 nitrogen and oxygen atoms in total. The molecule has 106 valence electrons. The number of hydrogen-bond acceptors (Lipinski definition) is 4. The first-order valence-corrected chi connectivity index (χ1v) is 8.69. The molecule has 1 saturated heterocycles. The normalized spacial score (nSPS) is 17.5. The van der Waals surface area contributed by atoms with Gasteiger partial charge < -0.3 is 4.74 Å². The van der Waals surface area contributed by atoms with Gasteiger partial charge in [0.15, 0.2) is 0 Å². The molecule has 0 aliphatic carbocycles. The zero-order valence-corrected chi connectivity index (χ0v) is 13.5. The molecule has 7 heteroatoms. The zero-order valence-electron chi connectivity index (χ0n) is 10.5. The number of nitrogens with one attached hydrogen (secondary N) is 1. The standard InChI is InChI=1S/C12H17IN2O3S/c13-11-1-3-12(4-2-11)19(16,17)14-5-6-15-7-9-18-10-8-15/h1-4,14H,5-10H2. The van der Waals surface area contributed by atoms with Gasteiger partial charge in [0.25, 0.3) is 0 Å². The van der Waals surface area contributed by atoms with Crippen LogP contribution in [-0.4, -0.2) is 52.7 Å². The Kier molecular flexibility index (Phi) is 5.58. The number of morpholine rings is 1.